The summed E-state index contributed by atoms with van der Waals surface area (Å²) in [6.07, 6.45) is 4.95. The van der Waals surface area contributed by atoms with Gasteiger partial charge in [-0.3, -0.25) is 14.8 Å². The number of hydrogen-bond donors (Lipinski definition) is 2. The molecule has 27 heavy (non-hydrogen) atoms. The number of carbonyl (C=O) groups excluding carboxylic acids is 1. The van der Waals surface area contributed by atoms with Crippen molar-refractivity contribution in [3.63, 3.8) is 0 Å². The van der Waals surface area contributed by atoms with Gasteiger partial charge in [0.25, 0.3) is 0 Å². The molecule has 0 radical (unpaired) electrons. The fraction of sp³-hybridized carbons (Fsp3) is 0.524. The second kappa shape index (κ2) is 8.01. The molecule has 1 aliphatic carbocycles. The minimum atomic E-state index is -0.984. The van der Waals surface area contributed by atoms with Crippen LogP contribution in [0, 0.1) is 23.2 Å². The summed E-state index contributed by atoms with van der Waals surface area (Å²) < 4.78 is 0. The van der Waals surface area contributed by atoms with Gasteiger partial charge in [-0.15, -0.1) is 0 Å². The van der Waals surface area contributed by atoms with E-state index in [2.05, 4.69) is 28.3 Å². The van der Waals surface area contributed by atoms with Crippen LogP contribution >= 0.6 is 0 Å². The fourth-order valence-electron chi connectivity index (χ4n) is 4.06. The molecule has 2 aromatic rings. The largest absolute Gasteiger partial charge is 0.383 e. The highest BCUT2D eigenvalue weighted by molar-refractivity contribution is 5.84. The maximum atomic E-state index is 12.3. The van der Waals surface area contributed by atoms with Crippen LogP contribution in [0.3, 0.4) is 0 Å². The van der Waals surface area contributed by atoms with Crippen molar-refractivity contribution in [2.45, 2.75) is 58.1 Å². The number of benzene rings is 1. The maximum absolute atomic E-state index is 12.3. The second-order valence-corrected chi connectivity index (χ2v) is 7.97. The Bertz CT molecular complexity index is 874. The SMILES string of the molecule is CC(C)[C@H](O)C(=O)N[C@@H]1C[C@H](C)C[C@@H](c2ccc(C#N)c3nccnc23)C1. The highest BCUT2D eigenvalue weighted by Crippen LogP contribution is 2.38. The van der Waals surface area contributed by atoms with Gasteiger partial charge in [0.05, 0.1) is 11.1 Å². The Morgan fingerprint density at radius 2 is 1.93 bits per heavy atom. The molecule has 1 amide bonds. The van der Waals surface area contributed by atoms with Crippen LogP contribution in [0.4, 0.5) is 0 Å². The quantitative estimate of drug-likeness (QED) is 0.867. The van der Waals surface area contributed by atoms with Crippen molar-refractivity contribution in [2.75, 3.05) is 0 Å². The Kier molecular flexibility index (Phi) is 5.71. The van der Waals surface area contributed by atoms with Gasteiger partial charge in [-0.25, -0.2) is 0 Å². The first-order chi connectivity index (χ1) is 12.9. The fourth-order valence-corrected chi connectivity index (χ4v) is 4.06. The lowest BCUT2D eigenvalue weighted by molar-refractivity contribution is -0.132. The molecule has 0 bridgehead atoms. The van der Waals surface area contributed by atoms with Gasteiger partial charge in [-0.1, -0.05) is 26.8 Å². The third-order valence-corrected chi connectivity index (χ3v) is 5.41. The first-order valence-electron chi connectivity index (χ1n) is 9.52. The zero-order valence-electron chi connectivity index (χ0n) is 16.0. The topological polar surface area (TPSA) is 98.9 Å². The molecule has 6 heteroatoms. The van der Waals surface area contributed by atoms with Gasteiger partial charge in [-0.05, 0) is 48.6 Å². The average Bonchev–Trinajstić information content (AvgIpc) is 2.65. The lowest BCUT2D eigenvalue weighted by atomic mass is 9.75. The van der Waals surface area contributed by atoms with E-state index in [0.717, 1.165) is 30.3 Å². The molecule has 0 saturated heterocycles. The first kappa shape index (κ1) is 19.2. The molecule has 1 heterocycles. The lowest BCUT2D eigenvalue weighted by Gasteiger charge is -2.35. The lowest BCUT2D eigenvalue weighted by Crippen LogP contribution is -2.46. The van der Waals surface area contributed by atoms with Crippen LogP contribution < -0.4 is 5.32 Å². The van der Waals surface area contributed by atoms with Crippen LogP contribution in [0.2, 0.25) is 0 Å². The number of carbonyl (C=O) groups is 1. The van der Waals surface area contributed by atoms with E-state index in [-0.39, 0.29) is 23.8 Å². The van der Waals surface area contributed by atoms with Crippen LogP contribution in [0.25, 0.3) is 11.0 Å². The highest BCUT2D eigenvalue weighted by atomic mass is 16.3. The predicted octanol–water partition coefficient (Wildman–Crippen LogP) is 2.91. The number of hydrogen-bond acceptors (Lipinski definition) is 5. The maximum Gasteiger partial charge on any atom is 0.249 e. The molecule has 0 aliphatic heterocycles. The molecule has 1 aliphatic rings. The number of rotatable bonds is 4. The Morgan fingerprint density at radius 1 is 1.22 bits per heavy atom. The molecule has 3 rings (SSSR count). The van der Waals surface area contributed by atoms with Crippen LogP contribution in [-0.2, 0) is 4.79 Å². The van der Waals surface area contributed by atoms with Gasteiger partial charge in [-0.2, -0.15) is 5.26 Å². The minimum absolute atomic E-state index is 0.0158. The Morgan fingerprint density at radius 3 is 2.59 bits per heavy atom. The van der Waals surface area contributed by atoms with Gasteiger partial charge >= 0.3 is 0 Å². The van der Waals surface area contributed by atoms with E-state index in [0.29, 0.717) is 17.0 Å². The predicted molar refractivity (Wildman–Crippen MR) is 103 cm³/mol. The van der Waals surface area contributed by atoms with Crippen LogP contribution in [0.5, 0.6) is 0 Å². The number of aromatic nitrogens is 2. The van der Waals surface area contributed by atoms with Crippen molar-refractivity contribution >= 4 is 16.9 Å². The van der Waals surface area contributed by atoms with Crippen LogP contribution in [-0.4, -0.2) is 33.1 Å². The van der Waals surface area contributed by atoms with Crippen LogP contribution in [0.1, 0.15) is 57.1 Å². The summed E-state index contributed by atoms with van der Waals surface area (Å²) in [7, 11) is 0. The van der Waals surface area contributed by atoms with Crippen molar-refractivity contribution < 1.29 is 9.90 Å². The van der Waals surface area contributed by atoms with Crippen molar-refractivity contribution in [2.24, 2.45) is 11.8 Å². The van der Waals surface area contributed by atoms with Gasteiger partial charge in [0.2, 0.25) is 5.91 Å². The van der Waals surface area contributed by atoms with E-state index in [9.17, 15) is 15.2 Å². The average molecular weight is 366 g/mol. The van der Waals surface area contributed by atoms with Gasteiger partial charge in [0.1, 0.15) is 17.7 Å². The zero-order valence-corrected chi connectivity index (χ0v) is 16.0. The Balaban J connectivity index is 1.86. The summed E-state index contributed by atoms with van der Waals surface area (Å²) in [4.78, 5) is 21.1. The highest BCUT2D eigenvalue weighted by Gasteiger charge is 2.31. The van der Waals surface area contributed by atoms with Crippen molar-refractivity contribution in [3.05, 3.63) is 35.7 Å². The zero-order chi connectivity index (χ0) is 19.6. The Labute approximate surface area is 159 Å². The number of fused-ring (bicyclic) bond motifs is 1. The summed E-state index contributed by atoms with van der Waals surface area (Å²) >= 11 is 0. The number of nitrogens with one attached hydrogen (secondary N) is 1. The molecule has 6 nitrogen and oxygen atoms in total. The van der Waals surface area contributed by atoms with Gasteiger partial charge < -0.3 is 10.4 Å². The molecule has 1 saturated carbocycles. The van der Waals surface area contributed by atoms with E-state index >= 15 is 0 Å². The minimum Gasteiger partial charge on any atom is -0.383 e. The summed E-state index contributed by atoms with van der Waals surface area (Å²) in [5.41, 5.74) is 3.00. The molecule has 0 unspecified atom stereocenters. The smallest absolute Gasteiger partial charge is 0.249 e. The molecular weight excluding hydrogens is 340 g/mol. The normalized spacial score (nSPS) is 23.8. The van der Waals surface area contributed by atoms with E-state index < -0.39 is 6.10 Å². The summed E-state index contributed by atoms with van der Waals surface area (Å²) in [6, 6.07) is 5.97. The second-order valence-electron chi connectivity index (χ2n) is 7.97. The molecule has 2 N–H and O–H groups in total. The number of amides is 1. The van der Waals surface area contributed by atoms with Gasteiger partial charge in [0, 0.05) is 18.4 Å². The summed E-state index contributed by atoms with van der Waals surface area (Å²) in [5.74, 6) is 0.252. The van der Waals surface area contributed by atoms with E-state index in [1.165, 1.54) is 0 Å². The molecule has 0 spiro atoms. The van der Waals surface area contributed by atoms with E-state index in [1.54, 1.807) is 12.4 Å². The van der Waals surface area contributed by atoms with Crippen molar-refractivity contribution in [3.8, 4) is 6.07 Å². The monoisotopic (exact) mass is 366 g/mol. The number of nitriles is 1. The third-order valence-electron chi connectivity index (χ3n) is 5.41. The van der Waals surface area contributed by atoms with Crippen LogP contribution in [0.15, 0.2) is 24.5 Å². The first-order valence-corrected chi connectivity index (χ1v) is 9.52. The van der Waals surface area contributed by atoms with Crippen molar-refractivity contribution in [1.82, 2.24) is 15.3 Å². The number of nitrogens with zero attached hydrogens (tertiary/aromatic N) is 3. The summed E-state index contributed by atoms with van der Waals surface area (Å²) in [6.45, 7) is 5.85. The molecule has 1 fully saturated rings. The number of aliphatic hydroxyl groups excluding tert-OH is 1. The summed E-state index contributed by atoms with van der Waals surface area (Å²) in [5, 5.41) is 22.4. The molecule has 142 valence electrons. The molecule has 4 atom stereocenters. The van der Waals surface area contributed by atoms with Gasteiger partial charge in [0.15, 0.2) is 0 Å². The standard InChI is InChI=1S/C21H26N4O2/c1-12(2)20(26)21(27)25-16-9-13(3)8-15(10-16)17-5-4-14(11-22)18-19(17)24-7-6-23-18/h4-7,12-13,15-16,20,26H,8-10H2,1-3H3,(H,25,27)/t13-,15-,16-,20+/m1/s1. The van der Waals surface area contributed by atoms with E-state index in [1.807, 2.05) is 26.0 Å². The van der Waals surface area contributed by atoms with Crippen molar-refractivity contribution in [1.29, 1.82) is 5.26 Å². The third kappa shape index (κ3) is 4.09. The van der Waals surface area contributed by atoms with E-state index in [4.69, 9.17) is 0 Å². The molecule has 1 aromatic carbocycles. The molecular formula is C21H26N4O2. The molecule has 1 aromatic heterocycles. The Hall–Kier alpha value is -2.52. The number of aliphatic hydroxyl groups is 1.